The standard InChI is InChI=1S/C30H40ClN3O2/c1-5-7-11-24(6-2)30(35)34(21-23-13-15-26(31)16-14-23)18-9-10-22(3)33-28-20-27(36-4)19-25-12-8-17-32-29(25)28/h8,12-17,19-20,22,24,33H,5-7,9-11,18,21H2,1-4H3. The number of hydrogen-bond donors (Lipinski definition) is 1. The van der Waals surface area contributed by atoms with Gasteiger partial charge in [-0.15, -0.1) is 0 Å². The number of unbranched alkanes of at least 4 members (excludes halogenated alkanes) is 1. The predicted octanol–water partition coefficient (Wildman–Crippen LogP) is 7.72. The zero-order valence-corrected chi connectivity index (χ0v) is 22.9. The summed E-state index contributed by atoms with van der Waals surface area (Å²) in [4.78, 5) is 20.1. The van der Waals surface area contributed by atoms with Gasteiger partial charge in [0.1, 0.15) is 5.75 Å². The number of amides is 1. The molecule has 6 heteroatoms. The molecule has 1 heterocycles. The van der Waals surface area contributed by atoms with Gasteiger partial charge in [-0.3, -0.25) is 9.78 Å². The molecule has 2 aromatic carbocycles. The fraction of sp³-hybridized carbons (Fsp3) is 0.467. The van der Waals surface area contributed by atoms with Crippen molar-refractivity contribution in [2.24, 2.45) is 5.92 Å². The number of aromatic nitrogens is 1. The summed E-state index contributed by atoms with van der Waals surface area (Å²) < 4.78 is 5.49. The lowest BCUT2D eigenvalue weighted by Gasteiger charge is -2.28. The molecule has 1 amide bonds. The Hall–Kier alpha value is -2.79. The summed E-state index contributed by atoms with van der Waals surface area (Å²) in [5.74, 6) is 1.16. The van der Waals surface area contributed by atoms with Gasteiger partial charge in [-0.1, -0.05) is 56.5 Å². The minimum Gasteiger partial charge on any atom is -0.497 e. The van der Waals surface area contributed by atoms with Crippen LogP contribution in [0.2, 0.25) is 5.02 Å². The van der Waals surface area contributed by atoms with E-state index < -0.39 is 0 Å². The normalized spacial score (nSPS) is 12.8. The van der Waals surface area contributed by atoms with Crippen molar-refractivity contribution in [3.05, 3.63) is 65.3 Å². The second-order valence-corrected chi connectivity index (χ2v) is 10.0. The molecule has 0 fully saturated rings. The lowest BCUT2D eigenvalue weighted by atomic mass is 9.97. The largest absolute Gasteiger partial charge is 0.497 e. The predicted molar refractivity (Wildman–Crippen MR) is 151 cm³/mol. The molecule has 36 heavy (non-hydrogen) atoms. The second kappa shape index (κ2) is 14.1. The van der Waals surface area contributed by atoms with Crippen molar-refractivity contribution in [1.29, 1.82) is 0 Å². The lowest BCUT2D eigenvalue weighted by molar-refractivity contribution is -0.136. The summed E-state index contributed by atoms with van der Waals surface area (Å²) in [7, 11) is 1.68. The van der Waals surface area contributed by atoms with Crippen LogP contribution in [0.5, 0.6) is 5.75 Å². The van der Waals surface area contributed by atoms with E-state index in [4.69, 9.17) is 16.3 Å². The molecule has 1 aromatic heterocycles. The molecule has 0 aliphatic heterocycles. The monoisotopic (exact) mass is 509 g/mol. The third-order valence-electron chi connectivity index (χ3n) is 6.73. The maximum atomic E-state index is 13.5. The average Bonchev–Trinajstić information content (AvgIpc) is 2.89. The van der Waals surface area contributed by atoms with Crippen LogP contribution in [0.15, 0.2) is 54.7 Å². The van der Waals surface area contributed by atoms with Gasteiger partial charge in [0.05, 0.1) is 18.3 Å². The Morgan fingerprint density at radius 3 is 2.58 bits per heavy atom. The van der Waals surface area contributed by atoms with Gasteiger partial charge in [-0.2, -0.15) is 0 Å². The fourth-order valence-corrected chi connectivity index (χ4v) is 4.73. The number of carbonyl (C=O) groups excluding carboxylic acids is 1. The zero-order valence-electron chi connectivity index (χ0n) is 22.1. The van der Waals surface area contributed by atoms with Gasteiger partial charge < -0.3 is 15.0 Å². The Kier molecular flexibility index (Phi) is 10.9. The summed E-state index contributed by atoms with van der Waals surface area (Å²) in [5.41, 5.74) is 3.02. The van der Waals surface area contributed by atoms with Crippen LogP contribution in [-0.4, -0.2) is 35.5 Å². The van der Waals surface area contributed by atoms with E-state index in [0.717, 1.165) is 73.0 Å². The van der Waals surface area contributed by atoms with E-state index >= 15 is 0 Å². The van der Waals surface area contributed by atoms with Crippen LogP contribution in [0.3, 0.4) is 0 Å². The summed E-state index contributed by atoms with van der Waals surface area (Å²) in [5, 5.41) is 5.38. The molecule has 0 aliphatic carbocycles. The van der Waals surface area contributed by atoms with E-state index in [2.05, 4.69) is 31.1 Å². The number of methoxy groups -OCH3 is 1. The number of rotatable bonds is 14. The third-order valence-corrected chi connectivity index (χ3v) is 6.98. The summed E-state index contributed by atoms with van der Waals surface area (Å²) in [6.07, 6.45) is 7.68. The van der Waals surface area contributed by atoms with E-state index in [0.29, 0.717) is 11.6 Å². The molecule has 0 spiro atoms. The fourth-order valence-electron chi connectivity index (χ4n) is 4.61. The molecule has 1 N–H and O–H groups in total. The smallest absolute Gasteiger partial charge is 0.225 e. The highest BCUT2D eigenvalue weighted by molar-refractivity contribution is 6.30. The Labute approximate surface area is 221 Å². The molecule has 194 valence electrons. The number of anilines is 1. The Morgan fingerprint density at radius 1 is 1.11 bits per heavy atom. The molecule has 2 unspecified atom stereocenters. The number of halogens is 1. The quantitative estimate of drug-likeness (QED) is 0.241. The van der Waals surface area contributed by atoms with E-state index in [1.54, 1.807) is 7.11 Å². The van der Waals surface area contributed by atoms with Crippen molar-refractivity contribution < 1.29 is 9.53 Å². The van der Waals surface area contributed by atoms with E-state index in [-0.39, 0.29) is 17.9 Å². The van der Waals surface area contributed by atoms with Crippen LogP contribution in [-0.2, 0) is 11.3 Å². The van der Waals surface area contributed by atoms with Crippen molar-refractivity contribution in [2.75, 3.05) is 19.0 Å². The molecule has 5 nitrogen and oxygen atoms in total. The van der Waals surface area contributed by atoms with Gasteiger partial charge in [0, 0.05) is 47.7 Å². The minimum absolute atomic E-state index is 0.0852. The zero-order chi connectivity index (χ0) is 25.9. The Balaban J connectivity index is 1.66. The molecule has 0 radical (unpaired) electrons. The van der Waals surface area contributed by atoms with Gasteiger partial charge in [-0.05, 0) is 62.4 Å². The van der Waals surface area contributed by atoms with E-state index in [1.807, 2.05) is 59.6 Å². The average molecular weight is 510 g/mol. The summed E-state index contributed by atoms with van der Waals surface area (Å²) in [6, 6.07) is 16.0. The molecule has 2 atom stereocenters. The summed E-state index contributed by atoms with van der Waals surface area (Å²) in [6.45, 7) is 7.82. The van der Waals surface area contributed by atoms with Crippen molar-refractivity contribution >= 4 is 34.1 Å². The SMILES string of the molecule is CCCCC(CC)C(=O)N(CCCC(C)Nc1cc(OC)cc2cccnc12)Cc1ccc(Cl)cc1. The number of hydrogen-bond acceptors (Lipinski definition) is 4. The molecular weight excluding hydrogens is 470 g/mol. The molecular formula is C30H40ClN3O2. The number of fused-ring (bicyclic) bond motifs is 1. The first-order valence-corrected chi connectivity index (χ1v) is 13.5. The number of nitrogens with zero attached hydrogens (tertiary/aromatic N) is 2. The number of ether oxygens (including phenoxy) is 1. The van der Waals surface area contributed by atoms with Crippen LogP contribution in [0.1, 0.15) is 64.9 Å². The van der Waals surface area contributed by atoms with Crippen LogP contribution < -0.4 is 10.1 Å². The van der Waals surface area contributed by atoms with Crippen LogP contribution in [0.25, 0.3) is 10.9 Å². The highest BCUT2D eigenvalue weighted by Gasteiger charge is 2.23. The van der Waals surface area contributed by atoms with Gasteiger partial charge in [0.25, 0.3) is 0 Å². The van der Waals surface area contributed by atoms with Crippen molar-refractivity contribution in [2.45, 2.75) is 71.9 Å². The Bertz CT molecular complexity index is 1100. The number of nitrogens with one attached hydrogen (secondary N) is 1. The van der Waals surface area contributed by atoms with Gasteiger partial charge in [-0.25, -0.2) is 0 Å². The molecule has 3 rings (SSSR count). The van der Waals surface area contributed by atoms with Crippen LogP contribution in [0.4, 0.5) is 5.69 Å². The van der Waals surface area contributed by atoms with Crippen molar-refractivity contribution in [3.8, 4) is 5.75 Å². The lowest BCUT2D eigenvalue weighted by Crippen LogP contribution is -2.36. The van der Waals surface area contributed by atoms with Gasteiger partial charge >= 0.3 is 0 Å². The molecule has 0 saturated carbocycles. The van der Waals surface area contributed by atoms with Crippen LogP contribution >= 0.6 is 11.6 Å². The topological polar surface area (TPSA) is 54.5 Å². The maximum absolute atomic E-state index is 13.5. The van der Waals surface area contributed by atoms with Crippen molar-refractivity contribution in [1.82, 2.24) is 9.88 Å². The first kappa shape index (κ1) is 27.8. The van der Waals surface area contributed by atoms with Crippen LogP contribution in [0, 0.1) is 5.92 Å². The minimum atomic E-state index is 0.0852. The van der Waals surface area contributed by atoms with Gasteiger partial charge in [0.15, 0.2) is 0 Å². The first-order valence-electron chi connectivity index (χ1n) is 13.2. The third kappa shape index (κ3) is 7.86. The van der Waals surface area contributed by atoms with Gasteiger partial charge in [0.2, 0.25) is 5.91 Å². The Morgan fingerprint density at radius 2 is 1.89 bits per heavy atom. The number of pyridine rings is 1. The second-order valence-electron chi connectivity index (χ2n) is 9.57. The number of benzene rings is 2. The first-order chi connectivity index (χ1) is 17.4. The highest BCUT2D eigenvalue weighted by atomic mass is 35.5. The molecule has 3 aromatic rings. The highest BCUT2D eigenvalue weighted by Crippen LogP contribution is 2.28. The van der Waals surface area contributed by atoms with Crippen molar-refractivity contribution in [3.63, 3.8) is 0 Å². The summed E-state index contributed by atoms with van der Waals surface area (Å²) >= 11 is 6.08. The molecule has 0 saturated heterocycles. The molecule has 0 bridgehead atoms. The number of carbonyl (C=O) groups is 1. The molecule has 0 aliphatic rings. The van der Waals surface area contributed by atoms with E-state index in [1.165, 1.54) is 0 Å². The maximum Gasteiger partial charge on any atom is 0.225 e. The van der Waals surface area contributed by atoms with E-state index in [9.17, 15) is 4.79 Å².